The molecular weight excluding hydrogens is 370 g/mol. The van der Waals surface area contributed by atoms with Gasteiger partial charge in [0.1, 0.15) is 0 Å². The van der Waals surface area contributed by atoms with Crippen molar-refractivity contribution in [3.8, 4) is 0 Å². The van der Waals surface area contributed by atoms with Crippen molar-refractivity contribution >= 4 is 23.6 Å². The highest BCUT2D eigenvalue weighted by Gasteiger charge is 2.40. The normalized spacial score (nSPS) is 16.6. The average molecular weight is 391 g/mol. The first-order valence-electron chi connectivity index (χ1n) is 9.83. The number of esters is 1. The van der Waals surface area contributed by atoms with Crippen LogP contribution in [0.4, 0.5) is 0 Å². The van der Waals surface area contributed by atoms with Gasteiger partial charge in [-0.15, -0.1) is 0 Å². The predicted octanol–water partition coefficient (Wildman–Crippen LogP) is 3.66. The minimum atomic E-state index is -0.701. The Morgan fingerprint density at radius 2 is 1.55 bits per heavy atom. The topological polar surface area (TPSA) is 80.8 Å². The van der Waals surface area contributed by atoms with Crippen LogP contribution in [0.2, 0.25) is 0 Å². The number of nitrogens with zero attached hydrogens (tertiary/aromatic N) is 1. The molecule has 1 aliphatic heterocycles. The fraction of sp³-hybridized carbons (Fsp3) is 0.304. The molecule has 1 fully saturated rings. The van der Waals surface area contributed by atoms with Crippen molar-refractivity contribution in [2.75, 3.05) is 6.61 Å². The standard InChI is InChI=1S/C23H21NO5/c25-20(15-7-3-1-4-8-15)14-29-23(28)16-11-12-18-19(13-16)22(27)24(21(18)26)17-9-5-2-6-10-17/h1,3-4,7-8,11-13,17H,2,5-6,9-10,14H2. The third kappa shape index (κ3) is 3.70. The van der Waals surface area contributed by atoms with Crippen molar-refractivity contribution in [1.29, 1.82) is 0 Å². The third-order valence-corrected chi connectivity index (χ3v) is 5.52. The zero-order chi connectivity index (χ0) is 20.4. The van der Waals surface area contributed by atoms with Crippen LogP contribution >= 0.6 is 0 Å². The summed E-state index contributed by atoms with van der Waals surface area (Å²) in [5, 5.41) is 0. The fourth-order valence-corrected chi connectivity index (χ4v) is 3.98. The van der Waals surface area contributed by atoms with E-state index >= 15 is 0 Å². The number of hydrogen-bond donors (Lipinski definition) is 0. The Balaban J connectivity index is 1.47. The summed E-state index contributed by atoms with van der Waals surface area (Å²) in [5.41, 5.74) is 1.15. The van der Waals surface area contributed by atoms with Gasteiger partial charge in [-0.05, 0) is 31.0 Å². The van der Waals surface area contributed by atoms with E-state index in [4.69, 9.17) is 4.74 Å². The molecule has 1 heterocycles. The summed E-state index contributed by atoms with van der Waals surface area (Å²) in [6.45, 7) is -0.388. The maximum atomic E-state index is 12.8. The first-order valence-corrected chi connectivity index (χ1v) is 9.83. The van der Waals surface area contributed by atoms with E-state index in [-0.39, 0.29) is 41.4 Å². The summed E-state index contributed by atoms with van der Waals surface area (Å²) in [7, 11) is 0. The van der Waals surface area contributed by atoms with E-state index in [0.717, 1.165) is 32.1 Å². The monoisotopic (exact) mass is 391 g/mol. The van der Waals surface area contributed by atoms with Crippen molar-refractivity contribution < 1.29 is 23.9 Å². The van der Waals surface area contributed by atoms with E-state index in [1.165, 1.54) is 23.1 Å². The number of amides is 2. The Labute approximate surface area is 168 Å². The van der Waals surface area contributed by atoms with Gasteiger partial charge in [-0.2, -0.15) is 0 Å². The minimum Gasteiger partial charge on any atom is -0.454 e. The highest BCUT2D eigenvalue weighted by atomic mass is 16.5. The fourth-order valence-electron chi connectivity index (χ4n) is 3.98. The Kier molecular flexibility index (Phi) is 5.25. The van der Waals surface area contributed by atoms with Crippen LogP contribution < -0.4 is 0 Å². The summed E-state index contributed by atoms with van der Waals surface area (Å²) in [4.78, 5) is 51.3. The van der Waals surface area contributed by atoms with E-state index in [2.05, 4.69) is 0 Å². The zero-order valence-corrected chi connectivity index (χ0v) is 15.9. The van der Waals surface area contributed by atoms with Gasteiger partial charge in [0.25, 0.3) is 11.8 Å². The molecule has 6 nitrogen and oxygen atoms in total. The van der Waals surface area contributed by atoms with Crippen LogP contribution in [0.5, 0.6) is 0 Å². The Morgan fingerprint density at radius 1 is 0.862 bits per heavy atom. The molecule has 4 rings (SSSR count). The predicted molar refractivity (Wildman–Crippen MR) is 105 cm³/mol. The number of carbonyl (C=O) groups excluding carboxylic acids is 4. The number of Topliss-reactive ketones (excluding diaryl/α,β-unsaturated/α-hetero) is 1. The summed E-state index contributed by atoms with van der Waals surface area (Å²) in [6, 6.07) is 12.8. The number of benzene rings is 2. The molecule has 2 aromatic carbocycles. The van der Waals surface area contributed by atoms with Crippen molar-refractivity contribution in [3.05, 3.63) is 70.8 Å². The average Bonchev–Trinajstić information content (AvgIpc) is 3.02. The van der Waals surface area contributed by atoms with Crippen LogP contribution in [0, 0.1) is 0 Å². The first-order chi connectivity index (χ1) is 14.1. The lowest BCUT2D eigenvalue weighted by Crippen LogP contribution is -2.40. The third-order valence-electron chi connectivity index (χ3n) is 5.52. The van der Waals surface area contributed by atoms with E-state index in [9.17, 15) is 19.2 Å². The summed E-state index contributed by atoms with van der Waals surface area (Å²) < 4.78 is 5.11. The van der Waals surface area contributed by atoms with Crippen LogP contribution in [0.25, 0.3) is 0 Å². The van der Waals surface area contributed by atoms with Gasteiger partial charge in [0.2, 0.25) is 0 Å². The lowest BCUT2D eigenvalue weighted by molar-refractivity contribution is 0.0474. The maximum absolute atomic E-state index is 12.8. The highest BCUT2D eigenvalue weighted by Crippen LogP contribution is 2.31. The van der Waals surface area contributed by atoms with E-state index < -0.39 is 5.97 Å². The number of ether oxygens (including phenoxy) is 1. The SMILES string of the molecule is O=C(COC(=O)c1ccc2c(c1)C(=O)N(C1CCCCC1)C2=O)c1ccccc1. The molecule has 0 N–H and O–H groups in total. The van der Waals surface area contributed by atoms with Gasteiger partial charge in [0, 0.05) is 11.6 Å². The molecule has 0 saturated heterocycles. The Hall–Kier alpha value is -3.28. The van der Waals surface area contributed by atoms with Crippen molar-refractivity contribution in [2.45, 2.75) is 38.1 Å². The molecule has 2 aromatic rings. The molecule has 0 bridgehead atoms. The molecule has 148 valence electrons. The van der Waals surface area contributed by atoms with Gasteiger partial charge in [0.05, 0.1) is 16.7 Å². The Bertz CT molecular complexity index is 976. The van der Waals surface area contributed by atoms with Gasteiger partial charge in [0.15, 0.2) is 12.4 Å². The van der Waals surface area contributed by atoms with Crippen LogP contribution in [-0.2, 0) is 4.74 Å². The molecule has 0 spiro atoms. The van der Waals surface area contributed by atoms with Gasteiger partial charge in [-0.3, -0.25) is 19.3 Å². The minimum absolute atomic E-state index is 0.0740. The molecular formula is C23H21NO5. The van der Waals surface area contributed by atoms with Crippen molar-refractivity contribution in [2.24, 2.45) is 0 Å². The Morgan fingerprint density at radius 3 is 2.28 bits per heavy atom. The first kappa shape index (κ1) is 19.1. The van der Waals surface area contributed by atoms with Gasteiger partial charge in [-0.1, -0.05) is 49.6 Å². The number of fused-ring (bicyclic) bond motifs is 1. The quantitative estimate of drug-likeness (QED) is 0.441. The van der Waals surface area contributed by atoms with Gasteiger partial charge >= 0.3 is 5.97 Å². The number of carbonyl (C=O) groups is 4. The van der Waals surface area contributed by atoms with Gasteiger partial charge < -0.3 is 4.74 Å². The summed E-state index contributed by atoms with van der Waals surface area (Å²) in [6.07, 6.45) is 4.78. The molecule has 0 aromatic heterocycles. The second-order valence-corrected chi connectivity index (χ2v) is 7.40. The van der Waals surface area contributed by atoms with Crippen LogP contribution in [0.15, 0.2) is 48.5 Å². The molecule has 0 atom stereocenters. The number of hydrogen-bond acceptors (Lipinski definition) is 5. The molecule has 2 amide bonds. The van der Waals surface area contributed by atoms with Crippen molar-refractivity contribution in [1.82, 2.24) is 4.90 Å². The molecule has 6 heteroatoms. The summed E-state index contributed by atoms with van der Waals surface area (Å²) in [5.74, 6) is -1.66. The molecule has 2 aliphatic rings. The molecule has 29 heavy (non-hydrogen) atoms. The van der Waals surface area contributed by atoms with Crippen LogP contribution in [-0.4, -0.2) is 41.1 Å². The second-order valence-electron chi connectivity index (χ2n) is 7.40. The van der Waals surface area contributed by atoms with Crippen LogP contribution in [0.1, 0.15) is 73.5 Å². The summed E-state index contributed by atoms with van der Waals surface area (Å²) >= 11 is 0. The number of ketones is 1. The molecule has 0 radical (unpaired) electrons. The number of rotatable bonds is 5. The smallest absolute Gasteiger partial charge is 0.338 e. The second kappa shape index (κ2) is 7.99. The maximum Gasteiger partial charge on any atom is 0.338 e. The van der Waals surface area contributed by atoms with E-state index in [0.29, 0.717) is 11.1 Å². The van der Waals surface area contributed by atoms with E-state index in [1.54, 1.807) is 30.3 Å². The van der Waals surface area contributed by atoms with Crippen LogP contribution in [0.3, 0.4) is 0 Å². The molecule has 1 aliphatic carbocycles. The van der Waals surface area contributed by atoms with Gasteiger partial charge in [-0.25, -0.2) is 4.79 Å². The lowest BCUT2D eigenvalue weighted by atomic mass is 9.94. The van der Waals surface area contributed by atoms with Crippen molar-refractivity contribution in [3.63, 3.8) is 0 Å². The highest BCUT2D eigenvalue weighted by molar-refractivity contribution is 6.22. The van der Waals surface area contributed by atoms with E-state index in [1.807, 2.05) is 0 Å². The zero-order valence-electron chi connectivity index (χ0n) is 15.9. The number of imide groups is 1. The molecule has 0 unspecified atom stereocenters. The lowest BCUT2D eigenvalue weighted by Gasteiger charge is -2.29. The largest absolute Gasteiger partial charge is 0.454 e. The molecule has 1 saturated carbocycles.